The standard InChI is InChI=1S/C10H15N5O10P2.Na/c11-8-5-9(13-2-12-8)15(3-14-5)10-7(17)6(16)4(24-10)1-23-27(21,22)25-26(18,19)20;/h2-4,6-7,10,16-17H,1H2,(H,21,22)(H2,11,12,13)(H2,18,19,20);/q;+1/p-1/t4-,6-,7-,10?;/m1./s1. The van der Waals surface area contributed by atoms with Crippen LogP contribution in [0.4, 0.5) is 5.82 Å². The van der Waals surface area contributed by atoms with Crippen molar-refractivity contribution in [2.45, 2.75) is 24.5 Å². The monoisotopic (exact) mass is 449 g/mol. The first kappa shape index (κ1) is 23.8. The van der Waals surface area contributed by atoms with E-state index >= 15 is 0 Å². The van der Waals surface area contributed by atoms with Crippen molar-refractivity contribution in [1.82, 2.24) is 19.5 Å². The number of rotatable bonds is 6. The van der Waals surface area contributed by atoms with Crippen LogP contribution in [0, 0.1) is 0 Å². The van der Waals surface area contributed by atoms with E-state index in [1.807, 2.05) is 0 Å². The van der Waals surface area contributed by atoms with Crippen LogP contribution in [-0.2, 0) is 22.7 Å². The number of nitrogens with zero attached hydrogens (tertiary/aromatic N) is 4. The van der Waals surface area contributed by atoms with E-state index in [-0.39, 0.29) is 46.5 Å². The fraction of sp³-hybridized carbons (Fsp3) is 0.500. The third kappa shape index (κ3) is 5.15. The quantitative estimate of drug-likeness (QED) is 0.205. The molecular formula is C10H14N5NaO10P2. The molecule has 0 aromatic carbocycles. The SMILES string of the molecule is Nc1ncnc2c1ncn2C1O[C@H](COP(=O)(O)OP(=O)([O-])O)[C@@H](O)[C@H]1O.[Na+]. The second-order valence-electron chi connectivity index (χ2n) is 5.44. The number of aliphatic hydroxyl groups is 2. The number of imidazole rings is 1. The largest absolute Gasteiger partial charge is 1.00 e. The van der Waals surface area contributed by atoms with Gasteiger partial charge in [-0.25, -0.2) is 23.8 Å². The van der Waals surface area contributed by atoms with Gasteiger partial charge < -0.3 is 35.4 Å². The van der Waals surface area contributed by atoms with Crippen molar-refractivity contribution in [3.63, 3.8) is 0 Å². The zero-order valence-electron chi connectivity index (χ0n) is 14.2. The van der Waals surface area contributed by atoms with Crippen LogP contribution in [0.15, 0.2) is 12.7 Å². The number of anilines is 1. The molecule has 0 spiro atoms. The molecule has 150 valence electrons. The van der Waals surface area contributed by atoms with E-state index in [2.05, 4.69) is 23.8 Å². The molecule has 1 aliphatic heterocycles. The molecule has 6 N–H and O–H groups in total. The minimum Gasteiger partial charge on any atom is -0.756 e. The molecule has 0 radical (unpaired) electrons. The molecule has 15 nitrogen and oxygen atoms in total. The molecule has 0 aliphatic carbocycles. The van der Waals surface area contributed by atoms with E-state index < -0.39 is 46.8 Å². The van der Waals surface area contributed by atoms with E-state index in [1.165, 1.54) is 10.9 Å². The van der Waals surface area contributed by atoms with Crippen LogP contribution in [0.3, 0.4) is 0 Å². The van der Waals surface area contributed by atoms with Crippen LogP contribution in [0.1, 0.15) is 6.23 Å². The molecule has 0 amide bonds. The van der Waals surface area contributed by atoms with Crippen LogP contribution < -0.4 is 40.2 Å². The van der Waals surface area contributed by atoms with E-state index in [0.717, 1.165) is 6.33 Å². The van der Waals surface area contributed by atoms with Crippen LogP contribution in [0.2, 0.25) is 0 Å². The van der Waals surface area contributed by atoms with Crippen molar-refractivity contribution in [2.75, 3.05) is 12.3 Å². The van der Waals surface area contributed by atoms with E-state index in [1.54, 1.807) is 0 Å². The third-order valence-corrected chi connectivity index (χ3v) is 5.73. The number of hydrogen-bond donors (Lipinski definition) is 5. The van der Waals surface area contributed by atoms with Crippen LogP contribution >= 0.6 is 15.6 Å². The molecule has 1 saturated heterocycles. The van der Waals surface area contributed by atoms with Gasteiger partial charge in [-0.05, 0) is 0 Å². The van der Waals surface area contributed by atoms with Crippen molar-refractivity contribution >= 4 is 32.6 Å². The van der Waals surface area contributed by atoms with Crippen LogP contribution in [0.25, 0.3) is 11.2 Å². The molecule has 3 unspecified atom stereocenters. The first-order valence-electron chi connectivity index (χ1n) is 7.15. The Bertz CT molecular complexity index is 938. The summed E-state index contributed by atoms with van der Waals surface area (Å²) in [6.45, 7) is -0.841. The molecule has 0 saturated carbocycles. The van der Waals surface area contributed by atoms with Gasteiger partial charge in [0, 0.05) is 0 Å². The van der Waals surface area contributed by atoms with E-state index in [0.29, 0.717) is 0 Å². The Kier molecular flexibility index (Phi) is 7.38. The Morgan fingerprint density at radius 3 is 2.57 bits per heavy atom. The molecule has 0 bridgehead atoms. The maximum Gasteiger partial charge on any atom is 1.00 e. The number of phosphoric acid groups is 2. The normalized spacial score (nSPS) is 29.2. The molecule has 3 heterocycles. The van der Waals surface area contributed by atoms with Crippen molar-refractivity contribution < 1.29 is 77.2 Å². The number of phosphoric ester groups is 1. The van der Waals surface area contributed by atoms with Gasteiger partial charge in [0.1, 0.15) is 30.2 Å². The second-order valence-corrected chi connectivity index (χ2v) is 8.23. The zero-order valence-corrected chi connectivity index (χ0v) is 18.0. The smallest absolute Gasteiger partial charge is 0.756 e. The molecule has 18 heteroatoms. The maximum absolute atomic E-state index is 11.4. The summed E-state index contributed by atoms with van der Waals surface area (Å²) in [5, 5.41) is 20.3. The maximum atomic E-state index is 11.4. The van der Waals surface area contributed by atoms with E-state index in [4.69, 9.17) is 15.4 Å². The predicted octanol–water partition coefficient (Wildman–Crippen LogP) is -5.37. The van der Waals surface area contributed by atoms with Crippen molar-refractivity contribution in [3.05, 3.63) is 12.7 Å². The Balaban J connectivity index is 0.00000280. The molecule has 3 rings (SSSR count). The van der Waals surface area contributed by atoms with Crippen LogP contribution in [0.5, 0.6) is 0 Å². The Labute approximate surface area is 178 Å². The fourth-order valence-corrected chi connectivity index (χ4v) is 4.04. The summed E-state index contributed by atoms with van der Waals surface area (Å²) in [5.41, 5.74) is 6.09. The Hall–Kier alpha value is -0.510. The minimum absolute atomic E-state index is 0. The first-order chi connectivity index (χ1) is 12.5. The molecule has 2 aromatic rings. The van der Waals surface area contributed by atoms with Gasteiger partial charge in [-0.2, -0.15) is 0 Å². The topological polar surface area (TPSA) is 235 Å². The summed E-state index contributed by atoms with van der Waals surface area (Å²) in [4.78, 5) is 39.9. The van der Waals surface area contributed by atoms with Gasteiger partial charge in [0.15, 0.2) is 17.7 Å². The zero-order chi connectivity index (χ0) is 20.0. The fourth-order valence-electron chi connectivity index (χ4n) is 2.47. The van der Waals surface area contributed by atoms with Crippen molar-refractivity contribution in [2.24, 2.45) is 0 Å². The van der Waals surface area contributed by atoms with Gasteiger partial charge in [-0.1, -0.05) is 0 Å². The van der Waals surface area contributed by atoms with Gasteiger partial charge in [-0.3, -0.25) is 13.7 Å². The molecule has 2 aromatic heterocycles. The summed E-state index contributed by atoms with van der Waals surface area (Å²) in [7, 11) is -10.7. The third-order valence-electron chi connectivity index (χ3n) is 3.61. The number of fused-ring (bicyclic) bond motifs is 1. The predicted molar refractivity (Wildman–Crippen MR) is 82.3 cm³/mol. The number of nitrogen functional groups attached to an aromatic ring is 1. The molecule has 1 aliphatic rings. The molecule has 28 heavy (non-hydrogen) atoms. The number of aliphatic hydroxyl groups excluding tert-OH is 2. The number of ether oxygens (including phenoxy) is 1. The van der Waals surface area contributed by atoms with Gasteiger partial charge in [0.05, 0.1) is 12.9 Å². The van der Waals surface area contributed by atoms with Crippen LogP contribution in [-0.4, -0.2) is 64.4 Å². The molecule has 1 fully saturated rings. The Morgan fingerprint density at radius 1 is 1.25 bits per heavy atom. The average molecular weight is 449 g/mol. The number of hydrogen-bond acceptors (Lipinski definition) is 12. The van der Waals surface area contributed by atoms with Gasteiger partial charge >= 0.3 is 37.4 Å². The number of aromatic nitrogens is 4. The van der Waals surface area contributed by atoms with Gasteiger partial charge in [0.25, 0.3) is 7.82 Å². The van der Waals surface area contributed by atoms with Gasteiger partial charge in [0.2, 0.25) is 0 Å². The summed E-state index contributed by atoms with van der Waals surface area (Å²) in [6, 6.07) is 0. The van der Waals surface area contributed by atoms with E-state index in [9.17, 15) is 29.1 Å². The number of nitrogens with two attached hydrogens (primary N) is 1. The first-order valence-corrected chi connectivity index (χ1v) is 10.1. The Morgan fingerprint density at radius 2 is 1.93 bits per heavy atom. The van der Waals surface area contributed by atoms with Crippen molar-refractivity contribution in [3.8, 4) is 0 Å². The molecule has 6 atom stereocenters. The minimum atomic E-state index is -5.54. The summed E-state index contributed by atoms with van der Waals surface area (Å²) in [5.74, 6) is 0.0797. The van der Waals surface area contributed by atoms with Gasteiger partial charge in [-0.15, -0.1) is 0 Å². The average Bonchev–Trinajstić information content (AvgIpc) is 3.07. The summed E-state index contributed by atoms with van der Waals surface area (Å²) >= 11 is 0. The summed E-state index contributed by atoms with van der Waals surface area (Å²) in [6.07, 6.45) is -3.27. The molecular weight excluding hydrogens is 435 g/mol. The van der Waals surface area contributed by atoms with Crippen molar-refractivity contribution in [1.29, 1.82) is 0 Å². The summed E-state index contributed by atoms with van der Waals surface area (Å²) < 4.78 is 36.5. The second kappa shape index (κ2) is 8.70.